The largest absolute Gasteiger partial charge is 0.351 e. The summed E-state index contributed by atoms with van der Waals surface area (Å²) in [6.45, 7) is 1.55. The van der Waals surface area contributed by atoms with Crippen LogP contribution in [0.15, 0.2) is 48.5 Å². The maximum atomic E-state index is 13.6. The fraction of sp³-hybridized carbons (Fsp3) is 0.222. The molecule has 0 aromatic heterocycles. The van der Waals surface area contributed by atoms with Gasteiger partial charge in [-0.1, -0.05) is 24.3 Å². The van der Waals surface area contributed by atoms with E-state index in [1.54, 1.807) is 31.2 Å². The van der Waals surface area contributed by atoms with Crippen LogP contribution < -0.4 is 16.4 Å². The molecule has 0 saturated carbocycles. The minimum Gasteiger partial charge on any atom is -0.351 e. The van der Waals surface area contributed by atoms with E-state index in [1.807, 2.05) is 5.32 Å². The Bertz CT molecular complexity index is 767. The molecule has 0 aliphatic heterocycles. The van der Waals surface area contributed by atoms with Crippen molar-refractivity contribution in [3.63, 3.8) is 0 Å². The molecule has 7 heteroatoms. The summed E-state index contributed by atoms with van der Waals surface area (Å²) in [6, 6.07) is 9.76. The number of nitrogens with two attached hydrogens (primary N) is 1. The summed E-state index contributed by atoms with van der Waals surface area (Å²) in [5.74, 6) is -1.40. The third-order valence-electron chi connectivity index (χ3n) is 3.67. The van der Waals surface area contributed by atoms with E-state index in [2.05, 4.69) is 5.32 Å². The van der Waals surface area contributed by atoms with Crippen molar-refractivity contribution in [2.45, 2.75) is 25.4 Å². The normalized spacial score (nSPS) is 13.1. The van der Waals surface area contributed by atoms with E-state index in [0.29, 0.717) is 17.5 Å². The predicted molar refractivity (Wildman–Crippen MR) is 89.6 cm³/mol. The van der Waals surface area contributed by atoms with Gasteiger partial charge in [-0.25, -0.2) is 13.6 Å². The molecule has 2 aromatic rings. The number of primary amides is 1. The number of amides is 3. The average molecular weight is 347 g/mol. The van der Waals surface area contributed by atoms with Crippen LogP contribution in [-0.4, -0.2) is 18.0 Å². The molecule has 2 rings (SSSR count). The zero-order valence-electron chi connectivity index (χ0n) is 13.6. The van der Waals surface area contributed by atoms with Gasteiger partial charge in [0.1, 0.15) is 11.6 Å². The Kier molecular flexibility index (Phi) is 6.19. The monoisotopic (exact) mass is 347 g/mol. The number of carbonyl (C=O) groups excluding carboxylic acids is 2. The second-order valence-corrected chi connectivity index (χ2v) is 5.68. The molecule has 0 spiro atoms. The summed E-state index contributed by atoms with van der Waals surface area (Å²) in [6.07, 6.45) is 0.329. The quantitative estimate of drug-likeness (QED) is 0.750. The van der Waals surface area contributed by atoms with Crippen LogP contribution in [0, 0.1) is 11.6 Å². The van der Waals surface area contributed by atoms with E-state index in [4.69, 9.17) is 5.73 Å². The Hall–Kier alpha value is -2.80. The highest BCUT2D eigenvalue weighted by Gasteiger charge is 2.21. The number of imide groups is 1. The first-order valence-corrected chi connectivity index (χ1v) is 7.71. The molecule has 2 aromatic carbocycles. The first kappa shape index (κ1) is 18.5. The van der Waals surface area contributed by atoms with Crippen LogP contribution >= 0.6 is 0 Å². The molecule has 0 fully saturated rings. The van der Waals surface area contributed by atoms with Crippen LogP contribution in [0.25, 0.3) is 0 Å². The minimum absolute atomic E-state index is 0.329. The zero-order valence-corrected chi connectivity index (χ0v) is 13.6. The number of hydrogen-bond acceptors (Lipinski definition) is 3. The number of halogens is 2. The number of nitrogens with one attached hydrogen (secondary N) is 2. The summed E-state index contributed by atoms with van der Waals surface area (Å²) in [5.41, 5.74) is 6.23. The van der Waals surface area contributed by atoms with Gasteiger partial charge in [0.25, 0.3) is 0 Å². The lowest BCUT2D eigenvalue weighted by Crippen LogP contribution is -2.47. The van der Waals surface area contributed by atoms with Crippen molar-refractivity contribution in [2.75, 3.05) is 0 Å². The molecule has 0 heterocycles. The molecular weight excluding hydrogens is 328 g/mol. The van der Waals surface area contributed by atoms with E-state index in [-0.39, 0.29) is 5.82 Å². The third kappa shape index (κ3) is 5.65. The van der Waals surface area contributed by atoms with Gasteiger partial charge in [-0.15, -0.1) is 0 Å². The fourth-order valence-electron chi connectivity index (χ4n) is 2.50. The van der Waals surface area contributed by atoms with Crippen molar-refractivity contribution in [1.82, 2.24) is 10.6 Å². The number of hydrogen-bond donors (Lipinski definition) is 3. The van der Waals surface area contributed by atoms with Crippen LogP contribution in [0.5, 0.6) is 0 Å². The van der Waals surface area contributed by atoms with Gasteiger partial charge in [0.05, 0.1) is 6.04 Å². The molecule has 132 valence electrons. The van der Waals surface area contributed by atoms with Gasteiger partial charge in [0.15, 0.2) is 0 Å². The van der Waals surface area contributed by atoms with Crippen LogP contribution in [0.2, 0.25) is 0 Å². The van der Waals surface area contributed by atoms with Crippen LogP contribution in [-0.2, 0) is 11.2 Å². The van der Waals surface area contributed by atoms with Crippen LogP contribution in [0.1, 0.15) is 24.1 Å². The summed E-state index contributed by atoms with van der Waals surface area (Å²) in [7, 11) is 0. The van der Waals surface area contributed by atoms with Crippen molar-refractivity contribution in [3.8, 4) is 0 Å². The van der Waals surface area contributed by atoms with E-state index < -0.39 is 29.8 Å². The Labute approximate surface area is 144 Å². The Morgan fingerprint density at radius 1 is 1.08 bits per heavy atom. The molecule has 0 aliphatic carbocycles. The van der Waals surface area contributed by atoms with Crippen LogP contribution in [0.3, 0.4) is 0 Å². The molecule has 0 saturated heterocycles. The maximum absolute atomic E-state index is 13.6. The second-order valence-electron chi connectivity index (χ2n) is 5.68. The molecule has 0 bridgehead atoms. The Balaban J connectivity index is 2.22. The molecular formula is C18H19F2N3O2. The first-order chi connectivity index (χ1) is 11.8. The second kappa shape index (κ2) is 8.34. The van der Waals surface area contributed by atoms with Gasteiger partial charge in [0.2, 0.25) is 5.91 Å². The lowest BCUT2D eigenvalue weighted by Gasteiger charge is -2.23. The minimum atomic E-state index is -0.953. The average Bonchev–Trinajstić information content (AvgIpc) is 2.53. The smallest absolute Gasteiger partial charge is 0.318 e. The predicted octanol–water partition coefficient (Wildman–Crippen LogP) is 2.42. The summed E-state index contributed by atoms with van der Waals surface area (Å²) >= 11 is 0. The SMILES string of the molecule is C[C@@H](N[C@H](Cc1cccc(F)c1)c1cccc(F)c1)C(=O)NC(N)=O. The third-order valence-corrected chi connectivity index (χ3v) is 3.67. The summed E-state index contributed by atoms with van der Waals surface area (Å²) < 4.78 is 27.0. The van der Waals surface area contributed by atoms with Crippen molar-refractivity contribution >= 4 is 11.9 Å². The number of rotatable bonds is 6. The molecule has 2 atom stereocenters. The van der Waals surface area contributed by atoms with E-state index in [9.17, 15) is 18.4 Å². The first-order valence-electron chi connectivity index (χ1n) is 7.71. The van der Waals surface area contributed by atoms with Crippen LogP contribution in [0.4, 0.5) is 13.6 Å². The van der Waals surface area contributed by atoms with E-state index in [0.717, 1.165) is 0 Å². The lowest BCUT2D eigenvalue weighted by molar-refractivity contribution is -0.121. The zero-order chi connectivity index (χ0) is 18.4. The van der Waals surface area contributed by atoms with Gasteiger partial charge in [0, 0.05) is 6.04 Å². The summed E-state index contributed by atoms with van der Waals surface area (Å²) in [4.78, 5) is 22.7. The van der Waals surface area contributed by atoms with Gasteiger partial charge in [-0.05, 0) is 48.7 Å². The van der Waals surface area contributed by atoms with Gasteiger partial charge in [-0.2, -0.15) is 0 Å². The molecule has 3 amide bonds. The topological polar surface area (TPSA) is 84.2 Å². The van der Waals surface area contributed by atoms with E-state index >= 15 is 0 Å². The fourth-order valence-corrected chi connectivity index (χ4v) is 2.50. The number of carbonyl (C=O) groups is 2. The highest BCUT2D eigenvalue weighted by molar-refractivity contribution is 5.96. The number of benzene rings is 2. The van der Waals surface area contributed by atoms with Gasteiger partial charge < -0.3 is 5.73 Å². The molecule has 0 unspecified atom stereocenters. The van der Waals surface area contributed by atoms with Crippen molar-refractivity contribution < 1.29 is 18.4 Å². The summed E-state index contributed by atoms with van der Waals surface area (Å²) in [5, 5.41) is 5.01. The van der Waals surface area contributed by atoms with E-state index in [1.165, 1.54) is 24.3 Å². The van der Waals surface area contributed by atoms with Crippen molar-refractivity contribution in [3.05, 3.63) is 71.3 Å². The Morgan fingerprint density at radius 2 is 1.72 bits per heavy atom. The van der Waals surface area contributed by atoms with Crippen molar-refractivity contribution in [2.24, 2.45) is 5.73 Å². The molecule has 0 radical (unpaired) electrons. The maximum Gasteiger partial charge on any atom is 0.318 e. The van der Waals surface area contributed by atoms with Gasteiger partial charge >= 0.3 is 6.03 Å². The van der Waals surface area contributed by atoms with Gasteiger partial charge in [-0.3, -0.25) is 15.4 Å². The highest BCUT2D eigenvalue weighted by atomic mass is 19.1. The highest BCUT2D eigenvalue weighted by Crippen LogP contribution is 2.20. The Morgan fingerprint density at radius 3 is 2.32 bits per heavy atom. The van der Waals surface area contributed by atoms with Crippen molar-refractivity contribution in [1.29, 1.82) is 0 Å². The molecule has 0 aliphatic rings. The molecule has 5 nitrogen and oxygen atoms in total. The lowest BCUT2D eigenvalue weighted by atomic mass is 9.97. The number of urea groups is 1. The molecule has 4 N–H and O–H groups in total. The molecule has 25 heavy (non-hydrogen) atoms. The standard InChI is InChI=1S/C18H19F2N3O2/c1-11(17(24)23-18(21)25)22-16(13-5-3-7-15(20)10-13)9-12-4-2-6-14(19)8-12/h2-8,10-11,16,22H,9H2,1H3,(H3,21,23,24,25)/t11-,16-/m1/s1.